The lowest BCUT2D eigenvalue weighted by molar-refractivity contribution is 0.188. The van der Waals surface area contributed by atoms with Crippen molar-refractivity contribution in [1.29, 1.82) is 0 Å². The molecule has 102 valence electrons. The Bertz CT molecular complexity index is 314. The average molecular weight is 276 g/mol. The summed E-state index contributed by atoms with van der Waals surface area (Å²) in [6, 6.07) is 0. The van der Waals surface area contributed by atoms with Crippen LogP contribution in [0.2, 0.25) is 18.1 Å². The van der Waals surface area contributed by atoms with Gasteiger partial charge in [-0.15, -0.1) is 0 Å². The van der Waals surface area contributed by atoms with Gasteiger partial charge < -0.3 is 8.99 Å². The molecule has 0 heterocycles. The van der Waals surface area contributed by atoms with Gasteiger partial charge in [-0.2, -0.15) is 0 Å². The molecule has 0 aromatic heterocycles. The normalized spacial score (nSPS) is 27.5. The zero-order valence-corrected chi connectivity index (χ0v) is 14.4. The van der Waals surface area contributed by atoms with Crippen LogP contribution in [0.3, 0.4) is 0 Å². The van der Waals surface area contributed by atoms with Gasteiger partial charge in [0.2, 0.25) is 0 Å². The van der Waals surface area contributed by atoms with Crippen LogP contribution in [-0.4, -0.2) is 33.4 Å². The van der Waals surface area contributed by atoms with Crippen molar-refractivity contribution in [1.82, 2.24) is 0 Å². The molecule has 1 rings (SSSR count). The van der Waals surface area contributed by atoms with E-state index in [9.17, 15) is 4.57 Å². The summed E-state index contributed by atoms with van der Waals surface area (Å²) in [6.45, 7) is 15.3. The van der Waals surface area contributed by atoms with Crippen LogP contribution in [0.25, 0.3) is 0 Å². The van der Waals surface area contributed by atoms with Crippen LogP contribution in [0.15, 0.2) is 0 Å². The molecule has 2 atom stereocenters. The number of hydrogen-bond acceptors (Lipinski definition) is 2. The van der Waals surface area contributed by atoms with Crippen molar-refractivity contribution in [3.05, 3.63) is 0 Å². The second-order valence-electron chi connectivity index (χ2n) is 7.40. The van der Waals surface area contributed by atoms with Crippen LogP contribution in [-0.2, 0) is 8.99 Å². The van der Waals surface area contributed by atoms with E-state index in [4.69, 9.17) is 4.43 Å². The molecule has 0 amide bonds. The van der Waals surface area contributed by atoms with E-state index in [1.54, 1.807) is 0 Å². The summed E-state index contributed by atoms with van der Waals surface area (Å²) in [5.74, 6) is 0. The van der Waals surface area contributed by atoms with Crippen molar-refractivity contribution >= 4 is 15.5 Å². The molecule has 0 radical (unpaired) electrons. The first-order valence-corrected chi connectivity index (χ1v) is 12.2. The zero-order chi connectivity index (χ0) is 13.5. The molecule has 0 bridgehead atoms. The Morgan fingerprint density at radius 1 is 1.18 bits per heavy atom. The topological polar surface area (TPSA) is 26.3 Å². The van der Waals surface area contributed by atoms with Crippen molar-refractivity contribution in [3.8, 4) is 0 Å². The van der Waals surface area contributed by atoms with Crippen molar-refractivity contribution < 1.29 is 8.99 Å². The van der Waals surface area contributed by atoms with E-state index in [0.717, 1.165) is 19.3 Å². The standard InChI is InChI=1S/C13H29O2PSi/c1-13(2,3)17(6,7)15-11-8-9-12(10-11)16(4,5)14/h11-12H,8-10H2,1-7H3/t11-,12-/m0/s1. The van der Waals surface area contributed by atoms with E-state index in [1.165, 1.54) is 0 Å². The lowest BCUT2D eigenvalue weighted by Crippen LogP contribution is -2.43. The Hall–Kier alpha value is 0.407. The molecule has 0 aromatic rings. The first-order chi connectivity index (χ1) is 7.43. The third-order valence-corrected chi connectivity index (χ3v) is 11.3. The van der Waals surface area contributed by atoms with Gasteiger partial charge in [0, 0.05) is 11.8 Å². The third kappa shape index (κ3) is 3.94. The van der Waals surface area contributed by atoms with Crippen LogP contribution in [0.1, 0.15) is 40.0 Å². The largest absolute Gasteiger partial charge is 0.414 e. The summed E-state index contributed by atoms with van der Waals surface area (Å²) >= 11 is 0. The molecule has 1 saturated carbocycles. The molecule has 1 fully saturated rings. The monoisotopic (exact) mass is 276 g/mol. The summed E-state index contributed by atoms with van der Waals surface area (Å²) < 4.78 is 18.5. The van der Waals surface area contributed by atoms with Crippen molar-refractivity contribution in [2.75, 3.05) is 13.3 Å². The average Bonchev–Trinajstić information content (AvgIpc) is 2.48. The molecule has 0 N–H and O–H groups in total. The Morgan fingerprint density at radius 3 is 2.06 bits per heavy atom. The molecule has 0 saturated heterocycles. The minimum atomic E-state index is -1.92. The molecule has 1 aliphatic carbocycles. The molecule has 0 spiro atoms. The predicted octanol–water partition coefficient (Wildman–Crippen LogP) is 4.55. The smallest absolute Gasteiger partial charge is 0.192 e. The molecule has 0 aliphatic heterocycles. The first kappa shape index (κ1) is 15.5. The SMILES string of the molecule is CC(C)(C)[Si](C)(C)O[C@H]1CC[C@H](P(C)(C)=O)C1. The van der Waals surface area contributed by atoms with Gasteiger partial charge in [0.15, 0.2) is 8.32 Å². The second kappa shape index (κ2) is 4.83. The molecule has 4 heteroatoms. The number of hydrogen-bond donors (Lipinski definition) is 0. The van der Waals surface area contributed by atoms with E-state index in [2.05, 4.69) is 33.9 Å². The van der Waals surface area contributed by atoms with E-state index < -0.39 is 15.5 Å². The second-order valence-corrected chi connectivity index (χ2v) is 15.8. The Kier molecular flexibility index (Phi) is 4.39. The maximum Gasteiger partial charge on any atom is 0.192 e. The molecule has 0 unspecified atom stereocenters. The van der Waals surface area contributed by atoms with E-state index in [0.29, 0.717) is 11.8 Å². The van der Waals surface area contributed by atoms with E-state index >= 15 is 0 Å². The molecule has 17 heavy (non-hydrogen) atoms. The van der Waals surface area contributed by atoms with Crippen LogP contribution in [0.4, 0.5) is 0 Å². The molecular formula is C13H29O2PSi. The fourth-order valence-electron chi connectivity index (χ4n) is 2.18. The fourth-order valence-corrected chi connectivity index (χ4v) is 5.10. The van der Waals surface area contributed by atoms with Crippen molar-refractivity contribution in [3.63, 3.8) is 0 Å². The highest BCUT2D eigenvalue weighted by molar-refractivity contribution is 7.63. The lowest BCUT2D eigenvalue weighted by atomic mass is 10.2. The van der Waals surface area contributed by atoms with E-state index in [-0.39, 0.29) is 5.04 Å². The lowest BCUT2D eigenvalue weighted by Gasteiger charge is -2.38. The molecule has 1 aliphatic rings. The molecular weight excluding hydrogens is 247 g/mol. The van der Waals surface area contributed by atoms with Gasteiger partial charge in [-0.25, -0.2) is 0 Å². The highest BCUT2D eigenvalue weighted by atomic mass is 31.2. The van der Waals surface area contributed by atoms with E-state index in [1.807, 2.05) is 13.3 Å². The summed E-state index contributed by atoms with van der Waals surface area (Å²) in [5.41, 5.74) is 0.400. The maximum absolute atomic E-state index is 12.1. The van der Waals surface area contributed by atoms with Crippen LogP contribution >= 0.6 is 7.14 Å². The number of rotatable bonds is 3. The Balaban J connectivity index is 2.60. The van der Waals surface area contributed by atoms with Gasteiger partial charge in [0.1, 0.15) is 0 Å². The van der Waals surface area contributed by atoms with Gasteiger partial charge in [-0.05, 0) is 50.7 Å². The van der Waals surface area contributed by atoms with Crippen LogP contribution in [0, 0.1) is 0 Å². The van der Waals surface area contributed by atoms with Crippen LogP contribution < -0.4 is 0 Å². The summed E-state index contributed by atoms with van der Waals surface area (Å²) in [7, 11) is -3.57. The summed E-state index contributed by atoms with van der Waals surface area (Å²) in [5, 5.41) is 0.271. The minimum absolute atomic E-state index is 0.271. The quantitative estimate of drug-likeness (QED) is 0.558. The van der Waals surface area contributed by atoms with Gasteiger partial charge >= 0.3 is 0 Å². The van der Waals surface area contributed by atoms with Gasteiger partial charge in [-0.1, -0.05) is 20.8 Å². The molecule has 2 nitrogen and oxygen atoms in total. The van der Waals surface area contributed by atoms with Crippen LogP contribution in [0.5, 0.6) is 0 Å². The fraction of sp³-hybridized carbons (Fsp3) is 1.00. The first-order valence-electron chi connectivity index (χ1n) is 6.66. The molecule has 0 aromatic carbocycles. The Labute approximate surface area is 108 Å². The summed E-state index contributed by atoms with van der Waals surface area (Å²) in [4.78, 5) is 0. The van der Waals surface area contributed by atoms with Gasteiger partial charge in [0.25, 0.3) is 0 Å². The predicted molar refractivity (Wildman–Crippen MR) is 79.2 cm³/mol. The highest BCUT2D eigenvalue weighted by Crippen LogP contribution is 2.51. The van der Waals surface area contributed by atoms with Gasteiger partial charge in [0.05, 0.1) is 7.14 Å². The van der Waals surface area contributed by atoms with Crippen molar-refractivity contribution in [2.24, 2.45) is 0 Å². The van der Waals surface area contributed by atoms with Crippen molar-refractivity contribution in [2.45, 2.75) is 69.9 Å². The highest BCUT2D eigenvalue weighted by Gasteiger charge is 2.42. The maximum atomic E-state index is 12.1. The summed E-state index contributed by atoms with van der Waals surface area (Å²) in [6.07, 6.45) is 3.55. The zero-order valence-electron chi connectivity index (χ0n) is 12.5. The van der Waals surface area contributed by atoms with Gasteiger partial charge in [-0.3, -0.25) is 0 Å². The third-order valence-electron chi connectivity index (χ3n) is 4.50. The minimum Gasteiger partial charge on any atom is -0.414 e. The Morgan fingerprint density at radius 2 is 1.71 bits per heavy atom.